The Labute approximate surface area is 103 Å². The van der Waals surface area contributed by atoms with Crippen LogP contribution >= 0.6 is 8.03 Å². The normalized spacial score (nSPS) is 10.6. The number of rotatable bonds is 6. The van der Waals surface area contributed by atoms with Gasteiger partial charge in [0, 0.05) is 0 Å². The molecule has 1 atom stereocenters. The number of benzene rings is 1. The van der Waals surface area contributed by atoms with Crippen molar-refractivity contribution in [3.05, 3.63) is 35.9 Å². The Morgan fingerprint density at radius 2 is 1.73 bits per heavy atom. The standard InChI is InChI=1S/C11H15O2P.Al.3H/c12-14(13)10-6-2-5-9-11-7-3-1-4-8-11;;;;/h1,3-4,7-8H,2,5-6,9-10H2;;;;/p+1. The Morgan fingerprint density at radius 1 is 1.07 bits per heavy atom. The van der Waals surface area contributed by atoms with Crippen LogP contribution in [0.2, 0.25) is 0 Å². The third-order valence-corrected chi connectivity index (χ3v) is 2.86. The zero-order valence-electron chi connectivity index (χ0n) is 8.22. The Bertz CT molecular complexity index is 277. The van der Waals surface area contributed by atoms with Gasteiger partial charge in [-0.15, -0.1) is 0 Å². The van der Waals surface area contributed by atoms with Gasteiger partial charge < -0.3 is 0 Å². The van der Waals surface area contributed by atoms with E-state index in [0.29, 0.717) is 6.16 Å². The van der Waals surface area contributed by atoms with E-state index in [1.807, 2.05) is 18.2 Å². The molecule has 1 aromatic rings. The number of aryl methyl sites for hydroxylation is 1. The summed E-state index contributed by atoms with van der Waals surface area (Å²) in [6.07, 6.45) is 4.52. The predicted molar refractivity (Wildman–Crippen MR) is 68.6 cm³/mol. The van der Waals surface area contributed by atoms with Gasteiger partial charge in [0.05, 0.1) is 0 Å². The summed E-state index contributed by atoms with van der Waals surface area (Å²) < 4.78 is 10.4. The fourth-order valence-corrected chi connectivity index (χ4v) is 1.89. The van der Waals surface area contributed by atoms with Gasteiger partial charge in [0.15, 0.2) is 23.5 Å². The van der Waals surface area contributed by atoms with Crippen molar-refractivity contribution < 1.29 is 9.46 Å². The minimum absolute atomic E-state index is 0. The molecule has 0 fully saturated rings. The molecule has 0 heterocycles. The molecule has 0 aliphatic rings. The SMILES string of the molecule is O=[P+](O)CCCCCc1ccccc1.[AlH3]. The lowest BCUT2D eigenvalue weighted by atomic mass is 10.1. The van der Waals surface area contributed by atoms with Crippen molar-refractivity contribution in [2.24, 2.45) is 0 Å². The third kappa shape index (κ3) is 7.71. The van der Waals surface area contributed by atoms with Crippen molar-refractivity contribution in [1.82, 2.24) is 0 Å². The zero-order valence-corrected chi connectivity index (χ0v) is 9.12. The number of hydrogen-bond acceptors (Lipinski definition) is 1. The van der Waals surface area contributed by atoms with Crippen LogP contribution in [0.15, 0.2) is 30.3 Å². The molecule has 82 valence electrons. The van der Waals surface area contributed by atoms with E-state index in [4.69, 9.17) is 4.89 Å². The lowest BCUT2D eigenvalue weighted by Crippen LogP contribution is -1.86. The molecule has 15 heavy (non-hydrogen) atoms. The highest BCUT2D eigenvalue weighted by atomic mass is 31.1. The largest absolute Gasteiger partial charge is 0.505 e. The van der Waals surface area contributed by atoms with Gasteiger partial charge in [-0.25, -0.2) is 0 Å². The highest BCUT2D eigenvalue weighted by Gasteiger charge is 2.07. The van der Waals surface area contributed by atoms with Crippen LogP contribution in [0.5, 0.6) is 0 Å². The summed E-state index contributed by atoms with van der Waals surface area (Å²) in [5.41, 5.74) is 1.35. The lowest BCUT2D eigenvalue weighted by Gasteiger charge is -1.98. The molecular formula is C11H19AlO2P+. The van der Waals surface area contributed by atoms with Crippen LogP contribution < -0.4 is 0 Å². The smallest absolute Gasteiger partial charge is 0.161 e. The van der Waals surface area contributed by atoms with Gasteiger partial charge in [-0.3, -0.25) is 0 Å². The first-order valence-corrected chi connectivity index (χ1v) is 6.36. The van der Waals surface area contributed by atoms with E-state index in [2.05, 4.69) is 12.1 Å². The molecule has 1 rings (SSSR count). The summed E-state index contributed by atoms with van der Waals surface area (Å²) in [5.74, 6) is 0. The Kier molecular flexibility index (Phi) is 8.96. The van der Waals surface area contributed by atoms with Gasteiger partial charge in [-0.1, -0.05) is 30.3 Å². The second-order valence-corrected chi connectivity index (χ2v) is 4.52. The van der Waals surface area contributed by atoms with E-state index in [-0.39, 0.29) is 17.4 Å². The summed E-state index contributed by atoms with van der Waals surface area (Å²) in [6, 6.07) is 10.3. The lowest BCUT2D eigenvalue weighted by molar-refractivity contribution is 0.499. The first kappa shape index (κ1) is 14.8. The maximum absolute atomic E-state index is 10.4. The molecule has 0 saturated heterocycles. The van der Waals surface area contributed by atoms with Crippen molar-refractivity contribution >= 4 is 25.4 Å². The fraction of sp³-hybridized carbons (Fsp3) is 0.455. The van der Waals surface area contributed by atoms with Gasteiger partial charge in [0.25, 0.3) is 0 Å². The van der Waals surface area contributed by atoms with Gasteiger partial charge in [0.2, 0.25) is 0 Å². The molecule has 1 unspecified atom stereocenters. The molecule has 0 aliphatic carbocycles. The monoisotopic (exact) mass is 241 g/mol. The van der Waals surface area contributed by atoms with E-state index in [0.717, 1.165) is 25.7 Å². The quantitative estimate of drug-likeness (QED) is 0.469. The Hall–Kier alpha value is -0.188. The fourth-order valence-electron chi connectivity index (χ4n) is 1.40. The van der Waals surface area contributed by atoms with E-state index in [1.165, 1.54) is 5.56 Å². The maximum atomic E-state index is 10.4. The van der Waals surface area contributed by atoms with E-state index >= 15 is 0 Å². The van der Waals surface area contributed by atoms with Crippen LogP contribution in [-0.2, 0) is 11.0 Å². The van der Waals surface area contributed by atoms with Gasteiger partial charge in [0.1, 0.15) is 0 Å². The topological polar surface area (TPSA) is 37.3 Å². The summed E-state index contributed by atoms with van der Waals surface area (Å²) >= 11 is 0. The molecule has 0 spiro atoms. The van der Waals surface area contributed by atoms with Crippen LogP contribution in [0.25, 0.3) is 0 Å². The molecule has 2 nitrogen and oxygen atoms in total. The van der Waals surface area contributed by atoms with E-state index in [9.17, 15) is 4.57 Å². The van der Waals surface area contributed by atoms with Crippen molar-refractivity contribution in [3.8, 4) is 0 Å². The molecule has 0 amide bonds. The van der Waals surface area contributed by atoms with Crippen molar-refractivity contribution in [1.29, 1.82) is 0 Å². The van der Waals surface area contributed by atoms with Crippen LogP contribution in [0.3, 0.4) is 0 Å². The van der Waals surface area contributed by atoms with Gasteiger partial charge in [-0.2, -0.15) is 4.89 Å². The summed E-state index contributed by atoms with van der Waals surface area (Å²) in [4.78, 5) is 8.58. The maximum Gasteiger partial charge on any atom is 0.505 e. The second kappa shape index (κ2) is 9.07. The molecule has 0 radical (unpaired) electrons. The predicted octanol–water partition coefficient (Wildman–Crippen LogP) is 1.95. The van der Waals surface area contributed by atoms with Crippen LogP contribution in [0.1, 0.15) is 24.8 Å². The highest BCUT2D eigenvalue weighted by molar-refractivity contribution is 7.37. The summed E-state index contributed by atoms with van der Waals surface area (Å²) in [6.45, 7) is 0. The average molecular weight is 241 g/mol. The Morgan fingerprint density at radius 3 is 2.33 bits per heavy atom. The van der Waals surface area contributed by atoms with Crippen molar-refractivity contribution in [3.63, 3.8) is 0 Å². The molecule has 1 N–H and O–H groups in total. The molecule has 0 bridgehead atoms. The van der Waals surface area contributed by atoms with Gasteiger partial charge in [-0.05, 0) is 35.8 Å². The first-order chi connectivity index (χ1) is 6.79. The number of unbranched alkanes of at least 4 members (excludes halogenated alkanes) is 2. The summed E-state index contributed by atoms with van der Waals surface area (Å²) in [7, 11) is -1.92. The van der Waals surface area contributed by atoms with E-state index < -0.39 is 8.03 Å². The van der Waals surface area contributed by atoms with Crippen molar-refractivity contribution in [2.45, 2.75) is 25.7 Å². The zero-order chi connectivity index (χ0) is 10.2. The highest BCUT2D eigenvalue weighted by Crippen LogP contribution is 2.16. The molecule has 0 aliphatic heterocycles. The molecule has 4 heteroatoms. The number of hydrogen-bond donors (Lipinski definition) is 1. The Balaban J connectivity index is 0.00000196. The van der Waals surface area contributed by atoms with Gasteiger partial charge >= 0.3 is 8.03 Å². The van der Waals surface area contributed by atoms with Crippen LogP contribution in [-0.4, -0.2) is 28.4 Å². The average Bonchev–Trinajstić information content (AvgIpc) is 2.18. The first-order valence-electron chi connectivity index (χ1n) is 4.96. The molecule has 0 aromatic heterocycles. The van der Waals surface area contributed by atoms with E-state index in [1.54, 1.807) is 0 Å². The summed E-state index contributed by atoms with van der Waals surface area (Å²) in [5, 5.41) is 0. The second-order valence-electron chi connectivity index (χ2n) is 3.37. The molecule has 0 saturated carbocycles. The molecule has 1 aromatic carbocycles. The van der Waals surface area contributed by atoms with Crippen LogP contribution in [0.4, 0.5) is 0 Å². The minimum Gasteiger partial charge on any atom is -0.161 e. The molecular weight excluding hydrogens is 222 g/mol. The minimum atomic E-state index is -1.92. The van der Waals surface area contributed by atoms with Crippen molar-refractivity contribution in [2.75, 3.05) is 6.16 Å². The third-order valence-electron chi connectivity index (χ3n) is 2.16. The van der Waals surface area contributed by atoms with Crippen LogP contribution in [0, 0.1) is 0 Å².